The van der Waals surface area contributed by atoms with Gasteiger partial charge in [-0.25, -0.2) is 0 Å². The van der Waals surface area contributed by atoms with Crippen LogP contribution < -0.4 is 10.5 Å². The highest BCUT2D eigenvalue weighted by molar-refractivity contribution is 7.87. The third-order valence-electron chi connectivity index (χ3n) is 2.90. The number of hydrogen-bond acceptors (Lipinski definition) is 3. The molecule has 0 aliphatic heterocycles. The minimum absolute atomic E-state index is 0.0409. The maximum atomic E-state index is 11.7. The third kappa shape index (κ3) is 3.73. The number of carbonyl (C=O) groups is 1. The van der Waals surface area contributed by atoms with Crippen LogP contribution in [0.15, 0.2) is 0 Å². The molecule has 7 heteroatoms. The molecule has 0 radical (unpaired) electrons. The molecule has 1 fully saturated rings. The summed E-state index contributed by atoms with van der Waals surface area (Å²) in [6, 6.07) is 0.0409. The minimum Gasteiger partial charge on any atom is -0.369 e. The molecule has 3 N–H and O–H groups in total. The summed E-state index contributed by atoms with van der Waals surface area (Å²) in [6.07, 6.45) is 5.04. The largest absolute Gasteiger partial charge is 0.369 e. The molecule has 0 bridgehead atoms. The third-order valence-corrected chi connectivity index (χ3v) is 4.46. The van der Waals surface area contributed by atoms with Gasteiger partial charge in [-0.1, -0.05) is 19.3 Å². The molecule has 1 saturated carbocycles. The number of nitrogens with zero attached hydrogens (tertiary/aromatic N) is 1. The smallest absolute Gasteiger partial charge is 0.279 e. The molecule has 1 aliphatic rings. The van der Waals surface area contributed by atoms with Crippen molar-refractivity contribution >= 4 is 16.1 Å². The fraction of sp³-hybridized carbons (Fsp3) is 0.889. The summed E-state index contributed by atoms with van der Waals surface area (Å²) in [5.74, 6) is -0.680. The molecule has 0 heterocycles. The lowest BCUT2D eigenvalue weighted by molar-refractivity contribution is -0.116. The molecule has 0 aromatic heterocycles. The van der Waals surface area contributed by atoms with E-state index in [0.717, 1.165) is 25.7 Å². The lowest BCUT2D eigenvalue weighted by Crippen LogP contribution is -2.47. The Morgan fingerprint density at radius 1 is 1.38 bits per heavy atom. The van der Waals surface area contributed by atoms with E-state index >= 15 is 0 Å². The van der Waals surface area contributed by atoms with E-state index in [4.69, 9.17) is 5.73 Å². The highest BCUT2D eigenvalue weighted by atomic mass is 32.2. The summed E-state index contributed by atoms with van der Waals surface area (Å²) in [5.41, 5.74) is 4.89. The molecule has 1 amide bonds. The zero-order valence-corrected chi connectivity index (χ0v) is 10.3. The average Bonchev–Trinajstić information content (AvgIpc) is 2.27. The number of nitrogens with two attached hydrogens (primary N) is 1. The first-order chi connectivity index (χ1) is 7.43. The average molecular weight is 249 g/mol. The predicted molar refractivity (Wildman–Crippen MR) is 60.8 cm³/mol. The van der Waals surface area contributed by atoms with Gasteiger partial charge in [0, 0.05) is 13.1 Å². The van der Waals surface area contributed by atoms with Crippen LogP contribution in [-0.4, -0.2) is 38.3 Å². The molecule has 1 rings (SSSR count). The van der Waals surface area contributed by atoms with Crippen molar-refractivity contribution in [1.82, 2.24) is 9.03 Å². The van der Waals surface area contributed by atoms with Crippen LogP contribution >= 0.6 is 0 Å². The van der Waals surface area contributed by atoms with Gasteiger partial charge in [0.05, 0.1) is 6.54 Å². The lowest BCUT2D eigenvalue weighted by Gasteiger charge is -2.30. The number of rotatable bonds is 5. The summed E-state index contributed by atoms with van der Waals surface area (Å²) >= 11 is 0. The van der Waals surface area contributed by atoms with E-state index in [1.165, 1.54) is 10.7 Å². The van der Waals surface area contributed by atoms with Crippen LogP contribution in [0.4, 0.5) is 0 Å². The van der Waals surface area contributed by atoms with Crippen molar-refractivity contribution in [3.8, 4) is 0 Å². The van der Waals surface area contributed by atoms with Gasteiger partial charge in [0.2, 0.25) is 5.91 Å². The van der Waals surface area contributed by atoms with Gasteiger partial charge in [-0.05, 0) is 12.8 Å². The molecule has 94 valence electrons. The first kappa shape index (κ1) is 13.4. The topological polar surface area (TPSA) is 92.5 Å². The summed E-state index contributed by atoms with van der Waals surface area (Å²) in [4.78, 5) is 10.5. The van der Waals surface area contributed by atoms with Crippen molar-refractivity contribution in [3.05, 3.63) is 0 Å². The fourth-order valence-electron chi connectivity index (χ4n) is 1.91. The Bertz CT molecular complexity index is 336. The van der Waals surface area contributed by atoms with E-state index in [9.17, 15) is 13.2 Å². The van der Waals surface area contributed by atoms with Crippen LogP contribution in [0.1, 0.15) is 32.1 Å². The normalized spacial score (nSPS) is 18.9. The van der Waals surface area contributed by atoms with Crippen LogP contribution in [0.5, 0.6) is 0 Å². The molecule has 0 aromatic rings. The van der Waals surface area contributed by atoms with Gasteiger partial charge in [0.15, 0.2) is 0 Å². The first-order valence-corrected chi connectivity index (χ1v) is 6.88. The Morgan fingerprint density at radius 2 is 1.94 bits per heavy atom. The fourth-order valence-corrected chi connectivity index (χ4v) is 3.04. The monoisotopic (exact) mass is 249 g/mol. The van der Waals surface area contributed by atoms with E-state index in [0.29, 0.717) is 0 Å². The SMILES string of the molecule is CN(C1CCCCC1)S(=O)(=O)NCC(N)=O. The predicted octanol–water partition coefficient (Wildman–Crippen LogP) is -0.429. The van der Waals surface area contributed by atoms with Crippen molar-refractivity contribution in [2.75, 3.05) is 13.6 Å². The van der Waals surface area contributed by atoms with Crippen molar-refractivity contribution in [1.29, 1.82) is 0 Å². The molecule has 0 atom stereocenters. The molecule has 0 saturated heterocycles. The van der Waals surface area contributed by atoms with Crippen molar-refractivity contribution in [3.63, 3.8) is 0 Å². The number of amides is 1. The van der Waals surface area contributed by atoms with Crippen LogP contribution in [0.25, 0.3) is 0 Å². The number of primary amides is 1. The highest BCUT2D eigenvalue weighted by Crippen LogP contribution is 2.22. The Kier molecular flexibility index (Phi) is 4.69. The molecule has 0 aromatic carbocycles. The maximum Gasteiger partial charge on any atom is 0.279 e. The maximum absolute atomic E-state index is 11.7. The van der Waals surface area contributed by atoms with Crippen molar-refractivity contribution < 1.29 is 13.2 Å². The quantitative estimate of drug-likeness (QED) is 0.692. The zero-order chi connectivity index (χ0) is 12.2. The van der Waals surface area contributed by atoms with Crippen LogP contribution in [-0.2, 0) is 15.0 Å². The van der Waals surface area contributed by atoms with Gasteiger partial charge in [0.1, 0.15) is 0 Å². The van der Waals surface area contributed by atoms with Gasteiger partial charge in [-0.2, -0.15) is 17.4 Å². The lowest BCUT2D eigenvalue weighted by atomic mass is 9.96. The van der Waals surface area contributed by atoms with E-state index < -0.39 is 16.1 Å². The second kappa shape index (κ2) is 5.60. The van der Waals surface area contributed by atoms with Gasteiger partial charge in [-0.3, -0.25) is 4.79 Å². The zero-order valence-electron chi connectivity index (χ0n) is 9.48. The molecular formula is C9H19N3O3S. The number of hydrogen-bond donors (Lipinski definition) is 2. The van der Waals surface area contributed by atoms with Gasteiger partial charge in [-0.15, -0.1) is 0 Å². The Morgan fingerprint density at radius 3 is 2.44 bits per heavy atom. The van der Waals surface area contributed by atoms with Gasteiger partial charge >= 0.3 is 0 Å². The molecular weight excluding hydrogens is 230 g/mol. The number of nitrogens with one attached hydrogen (secondary N) is 1. The molecule has 6 nitrogen and oxygen atoms in total. The van der Waals surface area contributed by atoms with Crippen molar-refractivity contribution in [2.24, 2.45) is 5.73 Å². The Hall–Kier alpha value is -0.660. The second-order valence-electron chi connectivity index (χ2n) is 4.10. The van der Waals surface area contributed by atoms with Gasteiger partial charge in [0.25, 0.3) is 10.2 Å². The second-order valence-corrected chi connectivity index (χ2v) is 5.92. The molecule has 0 spiro atoms. The minimum atomic E-state index is -3.57. The summed E-state index contributed by atoms with van der Waals surface area (Å²) in [6.45, 7) is -0.348. The molecule has 1 aliphatic carbocycles. The van der Waals surface area contributed by atoms with E-state index in [1.54, 1.807) is 7.05 Å². The summed E-state index contributed by atoms with van der Waals surface area (Å²) in [5, 5.41) is 0. The van der Waals surface area contributed by atoms with E-state index in [1.807, 2.05) is 0 Å². The summed E-state index contributed by atoms with van der Waals surface area (Å²) < 4.78 is 27.0. The molecule has 16 heavy (non-hydrogen) atoms. The van der Waals surface area contributed by atoms with Crippen molar-refractivity contribution in [2.45, 2.75) is 38.1 Å². The van der Waals surface area contributed by atoms with Crippen LogP contribution in [0.3, 0.4) is 0 Å². The highest BCUT2D eigenvalue weighted by Gasteiger charge is 2.27. The van der Waals surface area contributed by atoms with E-state index in [2.05, 4.69) is 4.72 Å². The molecule has 0 unspecified atom stereocenters. The Balaban J connectivity index is 2.56. The van der Waals surface area contributed by atoms with Gasteiger partial charge < -0.3 is 5.73 Å². The Labute approximate surface area is 96.4 Å². The number of carbonyl (C=O) groups excluding carboxylic acids is 1. The van der Waals surface area contributed by atoms with Crippen LogP contribution in [0.2, 0.25) is 0 Å². The van der Waals surface area contributed by atoms with Crippen LogP contribution in [0, 0.1) is 0 Å². The standard InChI is InChI=1S/C9H19N3O3S/c1-12(8-5-3-2-4-6-8)16(14,15)11-7-9(10)13/h8,11H,2-7H2,1H3,(H2,10,13). The summed E-state index contributed by atoms with van der Waals surface area (Å²) in [7, 11) is -2.03. The first-order valence-electron chi connectivity index (χ1n) is 5.44. The van der Waals surface area contributed by atoms with E-state index in [-0.39, 0.29) is 12.6 Å².